The van der Waals surface area contributed by atoms with Gasteiger partial charge in [-0.3, -0.25) is 0 Å². The monoisotopic (exact) mass is 319 g/mol. The second-order valence-corrected chi connectivity index (χ2v) is 8.13. The SMILES string of the molecule is CC(C)C1=N[CH]([SnH3])N(C(C)C)N1C(C)C. The van der Waals surface area contributed by atoms with Gasteiger partial charge in [0.25, 0.3) is 0 Å². The standard InChI is InChI=1S/C11H22N3.Sn.3H/c1-8(2)11-12-7-13(9(3)4)14(11)10(5)6;;;;/h7-10H,1-6H3;;;;. The van der Waals surface area contributed by atoms with Crippen molar-refractivity contribution in [3.05, 3.63) is 0 Å². The van der Waals surface area contributed by atoms with Crippen LogP contribution >= 0.6 is 0 Å². The fourth-order valence-electron chi connectivity index (χ4n) is 2.23. The van der Waals surface area contributed by atoms with Crippen LogP contribution < -0.4 is 0 Å². The summed E-state index contributed by atoms with van der Waals surface area (Å²) < 4.78 is 0.492. The summed E-state index contributed by atoms with van der Waals surface area (Å²) in [6.45, 7) is 13.5. The van der Waals surface area contributed by atoms with Crippen LogP contribution in [0.4, 0.5) is 0 Å². The third-order valence-electron chi connectivity index (χ3n) is 2.72. The van der Waals surface area contributed by atoms with Gasteiger partial charge in [-0.25, -0.2) is 0 Å². The average molecular weight is 318 g/mol. The molecule has 0 aromatic rings. The van der Waals surface area contributed by atoms with Crippen molar-refractivity contribution < 1.29 is 0 Å². The van der Waals surface area contributed by atoms with E-state index in [1.807, 2.05) is 0 Å². The molecule has 1 heterocycles. The first-order valence-corrected chi connectivity index (χ1v) is 9.31. The van der Waals surface area contributed by atoms with Crippen molar-refractivity contribution in [2.24, 2.45) is 10.9 Å². The summed E-state index contributed by atoms with van der Waals surface area (Å²) in [4.78, 5) is 4.86. The molecule has 4 heteroatoms. The summed E-state index contributed by atoms with van der Waals surface area (Å²) in [5.41, 5.74) is 0. The van der Waals surface area contributed by atoms with Crippen molar-refractivity contribution >= 4 is 28.4 Å². The Hall–Kier alpha value is 0.229. The van der Waals surface area contributed by atoms with Crippen LogP contribution in [0.1, 0.15) is 41.5 Å². The number of nitrogens with zero attached hydrogens (tertiary/aromatic N) is 3. The van der Waals surface area contributed by atoms with E-state index in [0.717, 1.165) is 0 Å². The van der Waals surface area contributed by atoms with Gasteiger partial charge in [-0.05, 0) is 0 Å². The van der Waals surface area contributed by atoms with E-state index >= 15 is 0 Å². The van der Waals surface area contributed by atoms with E-state index in [9.17, 15) is 0 Å². The van der Waals surface area contributed by atoms with Crippen LogP contribution in [0.2, 0.25) is 0 Å². The number of aliphatic imine (C=N–C) groups is 1. The van der Waals surface area contributed by atoms with Gasteiger partial charge >= 0.3 is 107 Å². The molecule has 1 aliphatic rings. The molecule has 88 valence electrons. The van der Waals surface area contributed by atoms with E-state index in [0.29, 0.717) is 44.7 Å². The molecule has 0 N–H and O–H groups in total. The number of hydrazine groups is 1. The maximum absolute atomic E-state index is 4.86. The van der Waals surface area contributed by atoms with Gasteiger partial charge in [0.15, 0.2) is 0 Å². The van der Waals surface area contributed by atoms with Crippen molar-refractivity contribution in [3.63, 3.8) is 0 Å². The molecule has 0 saturated carbocycles. The van der Waals surface area contributed by atoms with Crippen LogP contribution in [-0.2, 0) is 0 Å². The number of hydrogen-bond donors (Lipinski definition) is 0. The van der Waals surface area contributed by atoms with Gasteiger partial charge in [0.05, 0.1) is 0 Å². The summed E-state index contributed by atoms with van der Waals surface area (Å²) in [5.74, 6) is 1.81. The van der Waals surface area contributed by atoms with Gasteiger partial charge in [0, 0.05) is 0 Å². The minimum absolute atomic E-state index is 0.492. The van der Waals surface area contributed by atoms with Crippen LogP contribution in [0.15, 0.2) is 4.99 Å². The van der Waals surface area contributed by atoms with Gasteiger partial charge in [-0.2, -0.15) is 0 Å². The zero-order valence-corrected chi connectivity index (χ0v) is 16.9. The minimum atomic E-state index is 0.492. The topological polar surface area (TPSA) is 18.8 Å². The molecule has 1 rings (SSSR count). The Balaban J connectivity index is 2.96. The molecule has 0 aromatic carbocycles. The Morgan fingerprint density at radius 3 is 1.93 bits per heavy atom. The van der Waals surface area contributed by atoms with Gasteiger partial charge in [0.1, 0.15) is 0 Å². The van der Waals surface area contributed by atoms with Gasteiger partial charge in [0.2, 0.25) is 0 Å². The first-order chi connectivity index (χ1) is 6.86. The van der Waals surface area contributed by atoms with E-state index in [1.165, 1.54) is 5.84 Å². The summed E-state index contributed by atoms with van der Waals surface area (Å²) in [6.07, 6.45) is 0. The Kier molecular flexibility index (Phi) is 4.47. The molecule has 1 atom stereocenters. The van der Waals surface area contributed by atoms with Gasteiger partial charge < -0.3 is 0 Å². The molecular weight excluding hydrogens is 293 g/mol. The van der Waals surface area contributed by atoms with Crippen LogP contribution in [0, 0.1) is 5.92 Å². The second kappa shape index (κ2) is 5.04. The number of rotatable bonds is 3. The summed E-state index contributed by atoms with van der Waals surface area (Å²) in [6, 6.07) is 1.07. The third kappa shape index (κ3) is 2.67. The van der Waals surface area contributed by atoms with E-state index in [1.54, 1.807) is 0 Å². The van der Waals surface area contributed by atoms with Gasteiger partial charge in [-0.15, -0.1) is 0 Å². The molecule has 0 fully saturated rings. The first kappa shape index (κ1) is 13.3. The third-order valence-corrected chi connectivity index (χ3v) is 4.97. The number of hydrogen-bond acceptors (Lipinski definition) is 3. The Bertz CT molecular complexity index is 248. The molecule has 0 radical (unpaired) electrons. The van der Waals surface area contributed by atoms with Gasteiger partial charge in [-0.1, -0.05) is 0 Å². The maximum atomic E-state index is 4.86. The fourth-order valence-corrected chi connectivity index (χ4v) is 5.40. The van der Waals surface area contributed by atoms with Crippen molar-refractivity contribution in [3.8, 4) is 0 Å². The van der Waals surface area contributed by atoms with Crippen molar-refractivity contribution in [2.75, 3.05) is 0 Å². The zero-order chi connectivity index (χ0) is 11.7. The van der Waals surface area contributed by atoms with Crippen LogP contribution in [0.5, 0.6) is 0 Å². The van der Waals surface area contributed by atoms with Crippen molar-refractivity contribution in [1.29, 1.82) is 0 Å². The Morgan fingerprint density at radius 2 is 1.60 bits per heavy atom. The van der Waals surface area contributed by atoms with E-state index in [2.05, 4.69) is 51.6 Å². The molecule has 1 aliphatic heterocycles. The van der Waals surface area contributed by atoms with Crippen LogP contribution in [0.25, 0.3) is 0 Å². The molecule has 1 unspecified atom stereocenters. The predicted octanol–water partition coefficient (Wildman–Crippen LogP) is 1.04. The molecular formula is C11H25N3Sn. The molecule has 0 saturated heterocycles. The summed E-state index contributed by atoms with van der Waals surface area (Å²) in [5, 5.41) is 4.88. The fraction of sp³-hybridized carbons (Fsp3) is 0.909. The molecule has 15 heavy (non-hydrogen) atoms. The predicted molar refractivity (Wildman–Crippen MR) is 70.0 cm³/mol. The number of amidine groups is 1. The summed E-state index contributed by atoms with van der Waals surface area (Å²) in [7, 11) is 0. The van der Waals surface area contributed by atoms with E-state index < -0.39 is 0 Å². The first-order valence-electron chi connectivity index (χ1n) is 6.01. The Morgan fingerprint density at radius 1 is 1.07 bits per heavy atom. The van der Waals surface area contributed by atoms with E-state index in [-0.39, 0.29) is 0 Å². The average Bonchev–Trinajstić information content (AvgIpc) is 2.42. The molecule has 0 aromatic heterocycles. The van der Waals surface area contributed by atoms with Crippen molar-refractivity contribution in [2.45, 2.75) is 57.8 Å². The van der Waals surface area contributed by atoms with Crippen LogP contribution in [0.3, 0.4) is 0 Å². The molecule has 0 amide bonds. The molecule has 0 bridgehead atoms. The Labute approximate surface area is 107 Å². The molecule has 0 aliphatic carbocycles. The van der Waals surface area contributed by atoms with Crippen molar-refractivity contribution in [1.82, 2.24) is 10.0 Å². The molecule has 0 spiro atoms. The van der Waals surface area contributed by atoms with E-state index in [4.69, 9.17) is 4.99 Å². The van der Waals surface area contributed by atoms with Crippen LogP contribution in [-0.4, -0.2) is 54.6 Å². The normalized spacial score (nSPS) is 23.7. The quantitative estimate of drug-likeness (QED) is 0.724. The summed E-state index contributed by atoms with van der Waals surface area (Å²) >= 11 is 0.549. The second-order valence-electron chi connectivity index (χ2n) is 5.19. The zero-order valence-electron chi connectivity index (χ0n) is 11.2. The molecule has 3 nitrogen and oxygen atoms in total.